The van der Waals surface area contributed by atoms with Crippen molar-refractivity contribution in [3.05, 3.63) is 46.6 Å². The Morgan fingerprint density at radius 1 is 1.35 bits per heavy atom. The van der Waals surface area contributed by atoms with E-state index in [0.717, 1.165) is 16.3 Å². The smallest absolute Gasteiger partial charge is 0.122 e. The van der Waals surface area contributed by atoms with E-state index in [1.165, 1.54) is 0 Å². The summed E-state index contributed by atoms with van der Waals surface area (Å²) in [6, 6.07) is 9.65. The number of hydrogen-bond donors (Lipinski definition) is 1. The first-order valence-electron chi connectivity index (χ1n) is 5.64. The molecule has 3 nitrogen and oxygen atoms in total. The van der Waals surface area contributed by atoms with Crippen molar-refractivity contribution in [2.45, 2.75) is 26.3 Å². The Balaban J connectivity index is 2.27. The molecular weight excluding hydrogens is 234 g/mol. The Bertz CT molecular complexity index is 517. The van der Waals surface area contributed by atoms with E-state index in [-0.39, 0.29) is 0 Å². The van der Waals surface area contributed by atoms with Crippen molar-refractivity contribution in [1.82, 2.24) is 9.78 Å². The molecule has 2 N–H and O–H groups in total. The lowest BCUT2D eigenvalue weighted by Crippen LogP contribution is -2.06. The quantitative estimate of drug-likeness (QED) is 0.907. The van der Waals surface area contributed by atoms with E-state index in [2.05, 4.69) is 18.9 Å². The molecule has 1 aromatic heterocycles. The average Bonchev–Trinajstić information content (AvgIpc) is 2.64. The molecule has 0 amide bonds. The van der Waals surface area contributed by atoms with Crippen LogP contribution in [0.5, 0.6) is 0 Å². The molecule has 0 aliphatic carbocycles. The number of anilines is 1. The molecule has 90 valence electrons. The predicted molar refractivity (Wildman–Crippen MR) is 71.3 cm³/mol. The lowest BCUT2D eigenvalue weighted by molar-refractivity contribution is 0.665. The first kappa shape index (κ1) is 12.0. The second kappa shape index (κ2) is 4.80. The zero-order valence-corrected chi connectivity index (χ0v) is 10.8. The maximum atomic E-state index is 6.11. The van der Waals surface area contributed by atoms with E-state index in [4.69, 9.17) is 17.3 Å². The van der Waals surface area contributed by atoms with Crippen LogP contribution < -0.4 is 5.73 Å². The van der Waals surface area contributed by atoms with Crippen molar-refractivity contribution < 1.29 is 0 Å². The van der Waals surface area contributed by atoms with Crippen LogP contribution in [0, 0.1) is 0 Å². The van der Waals surface area contributed by atoms with Gasteiger partial charge in [-0.1, -0.05) is 43.6 Å². The van der Waals surface area contributed by atoms with Gasteiger partial charge in [0.25, 0.3) is 0 Å². The topological polar surface area (TPSA) is 43.8 Å². The van der Waals surface area contributed by atoms with E-state index in [0.29, 0.717) is 18.3 Å². The van der Waals surface area contributed by atoms with Gasteiger partial charge in [-0.3, -0.25) is 0 Å². The molecule has 0 saturated carbocycles. The standard InChI is InChI=1S/C13H16ClN3/c1-9(2)12-7-13(15)17(16-12)8-10-5-3-4-6-11(10)14/h3-7,9H,8,15H2,1-2H3. The predicted octanol–water partition coefficient (Wildman–Crippen LogP) is 3.29. The molecule has 0 atom stereocenters. The summed E-state index contributed by atoms with van der Waals surface area (Å²) >= 11 is 6.11. The highest BCUT2D eigenvalue weighted by atomic mass is 35.5. The van der Waals surface area contributed by atoms with Gasteiger partial charge in [0.2, 0.25) is 0 Å². The van der Waals surface area contributed by atoms with Gasteiger partial charge in [0.15, 0.2) is 0 Å². The molecule has 0 spiro atoms. The molecule has 2 aromatic rings. The third-order valence-electron chi connectivity index (χ3n) is 2.70. The zero-order valence-electron chi connectivity index (χ0n) is 10.0. The third kappa shape index (κ3) is 2.61. The van der Waals surface area contributed by atoms with E-state index in [1.807, 2.05) is 30.3 Å². The SMILES string of the molecule is CC(C)c1cc(N)n(Cc2ccccc2Cl)n1. The van der Waals surface area contributed by atoms with Crippen molar-refractivity contribution in [3.8, 4) is 0 Å². The second-order valence-corrected chi connectivity index (χ2v) is 4.81. The molecule has 0 unspecified atom stereocenters. The number of rotatable bonds is 3. The molecule has 0 aliphatic rings. The van der Waals surface area contributed by atoms with E-state index in [1.54, 1.807) is 4.68 Å². The van der Waals surface area contributed by atoms with Crippen LogP contribution in [0.2, 0.25) is 5.02 Å². The van der Waals surface area contributed by atoms with Gasteiger partial charge in [-0.25, -0.2) is 4.68 Å². The van der Waals surface area contributed by atoms with Gasteiger partial charge in [-0.15, -0.1) is 0 Å². The van der Waals surface area contributed by atoms with E-state index in [9.17, 15) is 0 Å². The van der Waals surface area contributed by atoms with Crippen molar-refractivity contribution >= 4 is 17.4 Å². The molecule has 0 aliphatic heterocycles. The summed E-state index contributed by atoms with van der Waals surface area (Å²) < 4.78 is 1.79. The van der Waals surface area contributed by atoms with Crippen molar-refractivity contribution in [2.75, 3.05) is 5.73 Å². The largest absolute Gasteiger partial charge is 0.384 e. The van der Waals surface area contributed by atoms with Crippen LogP contribution in [0.15, 0.2) is 30.3 Å². The highest BCUT2D eigenvalue weighted by molar-refractivity contribution is 6.31. The number of benzene rings is 1. The molecule has 0 bridgehead atoms. The Hall–Kier alpha value is -1.48. The zero-order chi connectivity index (χ0) is 12.4. The van der Waals surface area contributed by atoms with Gasteiger partial charge in [0.1, 0.15) is 5.82 Å². The minimum absolute atomic E-state index is 0.379. The van der Waals surface area contributed by atoms with E-state index >= 15 is 0 Å². The second-order valence-electron chi connectivity index (χ2n) is 4.40. The summed E-state index contributed by atoms with van der Waals surface area (Å²) in [4.78, 5) is 0. The van der Waals surface area contributed by atoms with Gasteiger partial charge < -0.3 is 5.73 Å². The minimum atomic E-state index is 0.379. The third-order valence-corrected chi connectivity index (χ3v) is 3.07. The monoisotopic (exact) mass is 249 g/mol. The maximum Gasteiger partial charge on any atom is 0.122 e. The Kier molecular flexibility index (Phi) is 3.38. The van der Waals surface area contributed by atoms with E-state index < -0.39 is 0 Å². The van der Waals surface area contributed by atoms with Crippen LogP contribution in [0.3, 0.4) is 0 Å². The van der Waals surface area contributed by atoms with Crippen LogP contribution in [0.25, 0.3) is 0 Å². The highest BCUT2D eigenvalue weighted by Crippen LogP contribution is 2.20. The summed E-state index contributed by atoms with van der Waals surface area (Å²) in [5.74, 6) is 1.05. The summed E-state index contributed by atoms with van der Waals surface area (Å²) in [6.07, 6.45) is 0. The molecule has 17 heavy (non-hydrogen) atoms. The number of hydrogen-bond acceptors (Lipinski definition) is 2. The highest BCUT2D eigenvalue weighted by Gasteiger charge is 2.09. The molecule has 0 saturated heterocycles. The first-order chi connectivity index (χ1) is 8.08. The molecular formula is C13H16ClN3. The summed E-state index contributed by atoms with van der Waals surface area (Å²) in [5.41, 5.74) is 7.97. The van der Waals surface area contributed by atoms with Crippen LogP contribution in [0.4, 0.5) is 5.82 Å². The summed E-state index contributed by atoms with van der Waals surface area (Å²) in [5, 5.41) is 5.22. The van der Waals surface area contributed by atoms with Crippen LogP contribution >= 0.6 is 11.6 Å². The van der Waals surface area contributed by atoms with Gasteiger partial charge in [0, 0.05) is 11.1 Å². The van der Waals surface area contributed by atoms with Crippen LogP contribution in [-0.2, 0) is 6.54 Å². The minimum Gasteiger partial charge on any atom is -0.384 e. The number of aromatic nitrogens is 2. The van der Waals surface area contributed by atoms with Crippen molar-refractivity contribution in [2.24, 2.45) is 0 Å². The van der Waals surface area contributed by atoms with Gasteiger partial charge >= 0.3 is 0 Å². The number of nitrogens with two attached hydrogens (primary N) is 1. The Labute approximate surface area is 106 Å². The molecule has 0 radical (unpaired) electrons. The van der Waals surface area contributed by atoms with Crippen molar-refractivity contribution in [1.29, 1.82) is 0 Å². The van der Waals surface area contributed by atoms with Gasteiger partial charge in [-0.05, 0) is 17.5 Å². The maximum absolute atomic E-state index is 6.11. The molecule has 1 aromatic carbocycles. The fourth-order valence-corrected chi connectivity index (χ4v) is 1.84. The van der Waals surface area contributed by atoms with Gasteiger partial charge in [-0.2, -0.15) is 5.10 Å². The molecule has 1 heterocycles. The normalized spacial score (nSPS) is 11.1. The lowest BCUT2D eigenvalue weighted by atomic mass is 10.1. The van der Waals surface area contributed by atoms with Crippen molar-refractivity contribution in [3.63, 3.8) is 0 Å². The fourth-order valence-electron chi connectivity index (χ4n) is 1.65. The number of halogens is 1. The van der Waals surface area contributed by atoms with Crippen LogP contribution in [-0.4, -0.2) is 9.78 Å². The molecule has 4 heteroatoms. The van der Waals surface area contributed by atoms with Crippen LogP contribution in [0.1, 0.15) is 31.0 Å². The lowest BCUT2D eigenvalue weighted by Gasteiger charge is -2.06. The first-order valence-corrected chi connectivity index (χ1v) is 6.02. The molecule has 2 rings (SSSR count). The Morgan fingerprint density at radius 3 is 2.65 bits per heavy atom. The molecule has 0 fully saturated rings. The number of nitrogens with zero attached hydrogens (tertiary/aromatic N) is 2. The summed E-state index contributed by atoms with van der Waals surface area (Å²) in [7, 11) is 0. The number of nitrogen functional groups attached to an aromatic ring is 1. The summed E-state index contributed by atoms with van der Waals surface area (Å²) in [6.45, 7) is 4.81. The average molecular weight is 250 g/mol. The van der Waals surface area contributed by atoms with Gasteiger partial charge in [0.05, 0.1) is 12.2 Å². The Morgan fingerprint density at radius 2 is 2.06 bits per heavy atom. The fraction of sp³-hybridized carbons (Fsp3) is 0.308.